The molecule has 0 saturated carbocycles. The number of nitrogens with two attached hydrogens (primary N) is 1. The summed E-state index contributed by atoms with van der Waals surface area (Å²) in [6, 6.07) is 5.85. The molecular weight excluding hydrogens is 472 g/mol. The summed E-state index contributed by atoms with van der Waals surface area (Å²) in [5, 5.41) is 29.8. The first kappa shape index (κ1) is 22.6. The van der Waals surface area contributed by atoms with Crippen LogP contribution in [0.1, 0.15) is 55.6 Å². The average Bonchev–Trinajstić information content (AvgIpc) is 3.64. The number of rotatable bonds is 7. The Morgan fingerprint density at radius 3 is 2.97 bits per heavy atom. The van der Waals surface area contributed by atoms with Gasteiger partial charge >= 0.3 is 0 Å². The molecule has 0 aromatic carbocycles. The lowest BCUT2D eigenvalue weighted by Gasteiger charge is -2.31. The van der Waals surface area contributed by atoms with Gasteiger partial charge in [-0.25, -0.2) is 0 Å². The summed E-state index contributed by atoms with van der Waals surface area (Å²) in [4.78, 5) is 29.2. The summed E-state index contributed by atoms with van der Waals surface area (Å²) in [5.74, 6) is 0.00957. The number of thiophene rings is 2. The van der Waals surface area contributed by atoms with Crippen LogP contribution in [0.4, 0.5) is 0 Å². The van der Waals surface area contributed by atoms with Crippen LogP contribution in [0.3, 0.4) is 0 Å². The number of aryl methyl sites for hydroxylation is 2. The number of aromatic nitrogens is 4. The number of primary amides is 1. The Labute approximate surface area is 204 Å². The number of nitrogens with one attached hydrogen (secondary N) is 2. The largest absolute Gasteiger partial charge is 0.365 e. The van der Waals surface area contributed by atoms with Crippen molar-refractivity contribution in [3.63, 3.8) is 0 Å². The fourth-order valence-corrected chi connectivity index (χ4v) is 7.17. The van der Waals surface area contributed by atoms with Crippen molar-refractivity contribution in [3.05, 3.63) is 49.1 Å². The van der Waals surface area contributed by atoms with E-state index in [1.807, 2.05) is 6.07 Å². The van der Waals surface area contributed by atoms with Gasteiger partial charge in [0.2, 0.25) is 5.91 Å². The number of H-pyrrole nitrogens is 1. The normalized spacial score (nSPS) is 21.5. The monoisotopic (exact) mass is 496 g/mol. The molecule has 1 saturated heterocycles. The molecule has 12 heteroatoms. The third-order valence-corrected chi connectivity index (χ3v) is 8.89. The van der Waals surface area contributed by atoms with Crippen LogP contribution >= 0.6 is 22.7 Å². The van der Waals surface area contributed by atoms with E-state index in [9.17, 15) is 14.9 Å². The minimum Gasteiger partial charge on any atom is -0.365 e. The smallest absolute Gasteiger partial charge is 0.258 e. The van der Waals surface area contributed by atoms with Crippen LogP contribution in [0, 0.1) is 11.3 Å². The molecular formula is C22H24N8O2S2. The Bertz CT molecular complexity index is 1240. The summed E-state index contributed by atoms with van der Waals surface area (Å²) in [5.41, 5.74) is 6.98. The minimum atomic E-state index is -0.725. The molecule has 1 aliphatic heterocycles. The molecule has 0 bridgehead atoms. The van der Waals surface area contributed by atoms with Gasteiger partial charge < -0.3 is 16.0 Å². The summed E-state index contributed by atoms with van der Waals surface area (Å²) >= 11 is 3.13. The predicted molar refractivity (Wildman–Crippen MR) is 126 cm³/mol. The number of likely N-dealkylation sites (tertiary alicyclic amines) is 1. The van der Waals surface area contributed by atoms with Gasteiger partial charge in [-0.2, -0.15) is 10.5 Å². The molecule has 2 amide bonds. The zero-order valence-electron chi connectivity index (χ0n) is 18.4. The topological polar surface area (TPSA) is 154 Å². The Kier molecular flexibility index (Phi) is 6.16. The van der Waals surface area contributed by atoms with Crippen molar-refractivity contribution in [2.75, 3.05) is 19.6 Å². The molecule has 3 aromatic rings. The minimum absolute atomic E-state index is 0.0676. The van der Waals surface area contributed by atoms with Gasteiger partial charge in [0.1, 0.15) is 6.04 Å². The molecule has 176 valence electrons. The molecule has 10 nitrogen and oxygen atoms in total. The number of nitriles is 1. The summed E-state index contributed by atoms with van der Waals surface area (Å²) in [6.07, 6.45) is 3.81. The first-order chi connectivity index (χ1) is 16.5. The van der Waals surface area contributed by atoms with Crippen LogP contribution in [-0.4, -0.2) is 63.0 Å². The van der Waals surface area contributed by atoms with Gasteiger partial charge in [-0.05, 0) is 67.3 Å². The maximum absolute atomic E-state index is 12.7. The van der Waals surface area contributed by atoms with Crippen LogP contribution in [0.2, 0.25) is 0 Å². The van der Waals surface area contributed by atoms with Crippen molar-refractivity contribution in [1.82, 2.24) is 30.8 Å². The van der Waals surface area contributed by atoms with Crippen LogP contribution in [0.5, 0.6) is 0 Å². The van der Waals surface area contributed by atoms with E-state index in [-0.39, 0.29) is 18.5 Å². The lowest BCUT2D eigenvalue weighted by Crippen LogP contribution is -2.42. The Morgan fingerprint density at radius 1 is 1.35 bits per heavy atom. The zero-order valence-corrected chi connectivity index (χ0v) is 20.0. The highest BCUT2D eigenvalue weighted by atomic mass is 32.1. The molecule has 34 heavy (non-hydrogen) atoms. The summed E-state index contributed by atoms with van der Waals surface area (Å²) < 4.78 is 0. The second-order valence-electron chi connectivity index (χ2n) is 8.51. The summed E-state index contributed by atoms with van der Waals surface area (Å²) in [7, 11) is 0. The molecule has 2 atom stereocenters. The van der Waals surface area contributed by atoms with Gasteiger partial charge in [0, 0.05) is 16.3 Å². The van der Waals surface area contributed by atoms with Crippen LogP contribution in [0.25, 0.3) is 0 Å². The van der Waals surface area contributed by atoms with Gasteiger partial charge in [0.05, 0.1) is 22.9 Å². The molecule has 4 N–H and O–H groups in total. The number of fused-ring (bicyclic) bond motifs is 2. The van der Waals surface area contributed by atoms with E-state index >= 15 is 0 Å². The van der Waals surface area contributed by atoms with Crippen LogP contribution < -0.4 is 11.1 Å². The molecule has 1 aliphatic carbocycles. The number of nitrogens with zero attached hydrogens (tertiary/aromatic N) is 5. The quantitative estimate of drug-likeness (QED) is 0.417. The SMILES string of the molecule is N#C[C@@H]1CCCN1C(=O)CNCCC1(c2nn[nH]n2)c2ccsc2CCc2sc(C(N)=O)cc21. The molecule has 3 aromatic heterocycles. The highest BCUT2D eigenvalue weighted by Gasteiger charge is 2.46. The van der Waals surface area contributed by atoms with Gasteiger partial charge in [-0.15, -0.1) is 32.9 Å². The number of hydrogen-bond donors (Lipinski definition) is 3. The van der Waals surface area contributed by atoms with Gasteiger partial charge in [-0.1, -0.05) is 5.21 Å². The zero-order chi connectivity index (χ0) is 23.7. The van der Waals surface area contributed by atoms with Crippen molar-refractivity contribution in [2.45, 2.75) is 43.6 Å². The van der Waals surface area contributed by atoms with Crippen LogP contribution in [0.15, 0.2) is 17.5 Å². The van der Waals surface area contributed by atoms with E-state index in [4.69, 9.17) is 5.73 Å². The van der Waals surface area contributed by atoms with E-state index in [2.05, 4.69) is 43.5 Å². The van der Waals surface area contributed by atoms with Gasteiger partial charge in [0.15, 0.2) is 5.82 Å². The van der Waals surface area contributed by atoms with E-state index in [0.717, 1.165) is 41.7 Å². The maximum atomic E-state index is 12.7. The van der Waals surface area contributed by atoms with E-state index in [1.165, 1.54) is 16.2 Å². The average molecular weight is 497 g/mol. The Morgan fingerprint density at radius 2 is 2.21 bits per heavy atom. The second-order valence-corrected chi connectivity index (χ2v) is 10.6. The second kappa shape index (κ2) is 9.25. The van der Waals surface area contributed by atoms with E-state index in [0.29, 0.717) is 30.2 Å². The fourth-order valence-electron chi connectivity index (χ4n) is 5.12. The lowest BCUT2D eigenvalue weighted by atomic mass is 9.72. The molecule has 4 heterocycles. The number of carbonyl (C=O) groups excluding carboxylic acids is 2. The molecule has 0 spiro atoms. The third kappa shape index (κ3) is 3.79. The molecule has 0 radical (unpaired) electrons. The van der Waals surface area contributed by atoms with Crippen molar-refractivity contribution in [1.29, 1.82) is 5.26 Å². The highest BCUT2D eigenvalue weighted by molar-refractivity contribution is 7.14. The molecule has 1 fully saturated rings. The summed E-state index contributed by atoms with van der Waals surface area (Å²) in [6.45, 7) is 1.28. The van der Waals surface area contributed by atoms with Crippen LogP contribution in [-0.2, 0) is 23.1 Å². The Balaban J connectivity index is 1.46. The predicted octanol–water partition coefficient (Wildman–Crippen LogP) is 1.35. The molecule has 2 aliphatic rings. The third-order valence-electron chi connectivity index (χ3n) is 6.70. The van der Waals surface area contributed by atoms with Crippen molar-refractivity contribution in [2.24, 2.45) is 5.73 Å². The van der Waals surface area contributed by atoms with E-state index in [1.54, 1.807) is 16.2 Å². The number of tetrazole rings is 1. The lowest BCUT2D eigenvalue weighted by molar-refractivity contribution is -0.130. The maximum Gasteiger partial charge on any atom is 0.258 e. The highest BCUT2D eigenvalue weighted by Crippen LogP contribution is 2.49. The number of aromatic amines is 1. The first-order valence-corrected chi connectivity index (χ1v) is 12.9. The Hall–Kier alpha value is -3.14. The van der Waals surface area contributed by atoms with Crippen molar-refractivity contribution >= 4 is 34.5 Å². The number of carbonyl (C=O) groups is 2. The molecule has 5 rings (SSSR count). The first-order valence-electron chi connectivity index (χ1n) is 11.2. The molecule has 1 unspecified atom stereocenters. The van der Waals surface area contributed by atoms with Gasteiger partial charge in [0.25, 0.3) is 5.91 Å². The van der Waals surface area contributed by atoms with Crippen molar-refractivity contribution < 1.29 is 9.59 Å². The number of hydrogen-bond acceptors (Lipinski definition) is 9. The fraction of sp³-hybridized carbons (Fsp3) is 0.455. The van der Waals surface area contributed by atoms with Gasteiger partial charge in [-0.3, -0.25) is 9.59 Å². The standard InChI is InChI=1S/C22H24N8O2S2/c23-11-13-2-1-8-30(13)19(31)12-25-7-6-22(21-26-28-29-27-21)14-5-9-33-16(14)3-4-17-15(22)10-18(34-17)20(24)32/h5,9-10,13,25H,1-4,6-8,12H2,(H2,24,32)(H,26,27,28,29)/t13-,22?/m0/s1. The van der Waals surface area contributed by atoms with E-state index < -0.39 is 11.3 Å². The number of amides is 2. The van der Waals surface area contributed by atoms with Crippen molar-refractivity contribution in [3.8, 4) is 6.07 Å².